The summed E-state index contributed by atoms with van der Waals surface area (Å²) >= 11 is 0. The quantitative estimate of drug-likeness (QED) is 0.787. The van der Waals surface area contributed by atoms with Crippen LogP contribution in [0, 0.1) is 0 Å². The molecule has 0 unspecified atom stereocenters. The molecule has 0 spiro atoms. The van der Waals surface area contributed by atoms with E-state index < -0.39 is 18.1 Å². The molecule has 0 bridgehead atoms. The number of methoxy groups -OCH3 is 1. The number of fused-ring (bicyclic) bond motifs is 1. The first-order chi connectivity index (χ1) is 11.3. The number of carbonyl (C=O) groups is 2. The summed E-state index contributed by atoms with van der Waals surface area (Å²) in [6, 6.07) is 2.38. The number of rotatable bonds is 3. The number of halogens is 3. The van der Waals surface area contributed by atoms with Crippen molar-refractivity contribution in [2.45, 2.75) is 19.5 Å². The summed E-state index contributed by atoms with van der Waals surface area (Å²) in [5.41, 5.74) is -0.218. The highest BCUT2D eigenvalue weighted by Crippen LogP contribution is 2.39. The van der Waals surface area contributed by atoms with Gasteiger partial charge in [0.1, 0.15) is 5.56 Å². The monoisotopic (exact) mass is 347 g/mol. The number of nitrogens with zero attached hydrogens (tertiary/aromatic N) is 1. The van der Waals surface area contributed by atoms with E-state index in [0.717, 1.165) is 13.2 Å². The third-order valence-electron chi connectivity index (χ3n) is 3.35. The van der Waals surface area contributed by atoms with Crippen molar-refractivity contribution in [3.8, 4) is 11.5 Å². The van der Waals surface area contributed by atoms with Gasteiger partial charge in [-0.05, 0) is 13.0 Å². The second-order valence-electron chi connectivity index (χ2n) is 4.91. The number of ether oxygens (including phenoxy) is 3. The smallest absolute Gasteiger partial charge is 0.471 e. The molecule has 24 heavy (non-hydrogen) atoms. The Hall–Kier alpha value is -2.45. The Morgan fingerprint density at radius 3 is 2.50 bits per heavy atom. The van der Waals surface area contributed by atoms with Gasteiger partial charge in [0.2, 0.25) is 0 Å². The predicted octanol–water partition coefficient (Wildman–Crippen LogP) is 2.55. The van der Waals surface area contributed by atoms with Crippen LogP contribution in [0.2, 0.25) is 0 Å². The zero-order valence-corrected chi connectivity index (χ0v) is 13.1. The lowest BCUT2D eigenvalue weighted by atomic mass is 10.1. The molecule has 0 atom stereocenters. The molecule has 6 nitrogen and oxygen atoms in total. The largest absolute Gasteiger partial charge is 0.489 e. The van der Waals surface area contributed by atoms with Gasteiger partial charge in [-0.3, -0.25) is 4.79 Å². The second-order valence-corrected chi connectivity index (χ2v) is 4.91. The summed E-state index contributed by atoms with van der Waals surface area (Å²) in [7, 11) is 1.14. The van der Waals surface area contributed by atoms with Crippen LogP contribution in [0.5, 0.6) is 11.5 Å². The first-order valence-electron chi connectivity index (χ1n) is 7.20. The van der Waals surface area contributed by atoms with Crippen LogP contribution in [0.4, 0.5) is 18.9 Å². The molecule has 0 N–H and O–H groups in total. The molecule has 0 fully saturated rings. The highest BCUT2D eigenvalue weighted by molar-refractivity contribution is 6.00. The van der Waals surface area contributed by atoms with Gasteiger partial charge >= 0.3 is 18.1 Å². The Labute approximate surface area is 136 Å². The van der Waals surface area contributed by atoms with E-state index in [1.165, 1.54) is 13.0 Å². The fourth-order valence-electron chi connectivity index (χ4n) is 2.27. The van der Waals surface area contributed by atoms with Crippen molar-refractivity contribution in [2.24, 2.45) is 0 Å². The molecule has 0 saturated carbocycles. The van der Waals surface area contributed by atoms with Gasteiger partial charge in [-0.15, -0.1) is 0 Å². The Bertz CT molecular complexity index is 645. The van der Waals surface area contributed by atoms with Crippen molar-refractivity contribution < 1.29 is 37.0 Å². The molecule has 2 rings (SSSR count). The molecule has 9 heteroatoms. The molecule has 132 valence electrons. The summed E-state index contributed by atoms with van der Waals surface area (Å²) in [6.07, 6.45) is -4.49. The fraction of sp³-hybridized carbons (Fsp3) is 0.467. The molecule has 1 aromatic carbocycles. The Morgan fingerprint density at radius 1 is 1.25 bits per heavy atom. The maximum absolute atomic E-state index is 12.8. The van der Waals surface area contributed by atoms with Crippen LogP contribution < -0.4 is 14.4 Å². The lowest BCUT2D eigenvalue weighted by Crippen LogP contribution is -2.41. The van der Waals surface area contributed by atoms with Crippen LogP contribution in [0.3, 0.4) is 0 Å². The number of benzene rings is 1. The fourth-order valence-corrected chi connectivity index (χ4v) is 2.27. The van der Waals surface area contributed by atoms with E-state index in [9.17, 15) is 22.8 Å². The minimum atomic E-state index is -5.04. The zero-order valence-electron chi connectivity index (χ0n) is 13.1. The van der Waals surface area contributed by atoms with Crippen LogP contribution in [-0.2, 0) is 9.53 Å². The summed E-state index contributed by atoms with van der Waals surface area (Å²) < 4.78 is 53.8. The Morgan fingerprint density at radius 2 is 1.92 bits per heavy atom. The van der Waals surface area contributed by atoms with E-state index in [1.807, 2.05) is 0 Å². The number of carbonyl (C=O) groups excluding carboxylic acids is 2. The Kier molecular flexibility index (Phi) is 5.20. The average Bonchev–Trinajstić information content (AvgIpc) is 2.78. The highest BCUT2D eigenvalue weighted by Gasteiger charge is 2.43. The lowest BCUT2D eigenvalue weighted by Gasteiger charge is -2.24. The van der Waals surface area contributed by atoms with Gasteiger partial charge in [0.25, 0.3) is 0 Å². The standard InChI is InChI=1S/C15H16F3NO5/c1-3-19(14(21)15(16,17)18)9-7-10(13(20)22-2)12-11(8-9)23-5-4-6-24-12/h7-8H,3-6H2,1-2H3. The molecule has 1 heterocycles. The first-order valence-corrected chi connectivity index (χ1v) is 7.20. The van der Waals surface area contributed by atoms with Crippen molar-refractivity contribution in [1.82, 2.24) is 0 Å². The van der Waals surface area contributed by atoms with Crippen LogP contribution >= 0.6 is 0 Å². The summed E-state index contributed by atoms with van der Waals surface area (Å²) in [5, 5.41) is 0. The first kappa shape index (κ1) is 17.9. The topological polar surface area (TPSA) is 65.1 Å². The number of amides is 1. The number of anilines is 1. The summed E-state index contributed by atoms with van der Waals surface area (Å²) in [5.74, 6) is -2.64. The lowest BCUT2D eigenvalue weighted by molar-refractivity contribution is -0.170. The number of alkyl halides is 3. The molecule has 1 aliphatic rings. The van der Waals surface area contributed by atoms with Gasteiger partial charge in [-0.25, -0.2) is 4.79 Å². The predicted molar refractivity (Wildman–Crippen MR) is 77.5 cm³/mol. The molecule has 1 amide bonds. The van der Waals surface area contributed by atoms with E-state index in [1.54, 1.807) is 0 Å². The number of esters is 1. The van der Waals surface area contributed by atoms with Crippen molar-refractivity contribution in [3.05, 3.63) is 17.7 Å². The van der Waals surface area contributed by atoms with Crippen molar-refractivity contribution in [3.63, 3.8) is 0 Å². The third kappa shape index (κ3) is 3.55. The molecule has 0 radical (unpaired) electrons. The van der Waals surface area contributed by atoms with Crippen molar-refractivity contribution in [2.75, 3.05) is 31.8 Å². The molecule has 1 aromatic rings. The summed E-state index contributed by atoms with van der Waals surface area (Å²) in [6.45, 7) is 1.72. The minimum absolute atomic E-state index is 0.0959. The van der Waals surface area contributed by atoms with Gasteiger partial charge in [0, 0.05) is 24.7 Å². The van der Waals surface area contributed by atoms with Crippen LogP contribution in [0.25, 0.3) is 0 Å². The normalized spacial score (nSPS) is 13.9. The van der Waals surface area contributed by atoms with Crippen LogP contribution in [0.15, 0.2) is 12.1 Å². The van der Waals surface area contributed by atoms with Crippen LogP contribution in [0.1, 0.15) is 23.7 Å². The molecule has 0 aromatic heterocycles. The maximum atomic E-state index is 12.8. The zero-order chi connectivity index (χ0) is 17.9. The average molecular weight is 347 g/mol. The van der Waals surface area contributed by atoms with Gasteiger partial charge in [-0.2, -0.15) is 13.2 Å². The highest BCUT2D eigenvalue weighted by atomic mass is 19.4. The van der Waals surface area contributed by atoms with E-state index in [-0.39, 0.29) is 42.5 Å². The van der Waals surface area contributed by atoms with Gasteiger partial charge in [-0.1, -0.05) is 0 Å². The van der Waals surface area contributed by atoms with E-state index >= 15 is 0 Å². The van der Waals surface area contributed by atoms with E-state index in [2.05, 4.69) is 4.74 Å². The maximum Gasteiger partial charge on any atom is 0.471 e. The third-order valence-corrected chi connectivity index (χ3v) is 3.35. The molecular weight excluding hydrogens is 331 g/mol. The van der Waals surface area contributed by atoms with E-state index in [4.69, 9.17) is 9.47 Å². The minimum Gasteiger partial charge on any atom is -0.489 e. The number of hydrogen-bond donors (Lipinski definition) is 0. The number of hydrogen-bond acceptors (Lipinski definition) is 5. The summed E-state index contributed by atoms with van der Waals surface area (Å²) in [4.78, 5) is 24.1. The Balaban J connectivity index is 2.56. The second kappa shape index (κ2) is 6.98. The SMILES string of the molecule is CCN(C(=O)C(F)(F)F)c1cc2c(c(C(=O)OC)c1)OCCCO2. The molecular formula is C15H16F3NO5. The van der Waals surface area contributed by atoms with Crippen LogP contribution in [-0.4, -0.2) is 44.9 Å². The molecule has 1 aliphatic heterocycles. The molecule has 0 aliphatic carbocycles. The van der Waals surface area contributed by atoms with Crippen molar-refractivity contribution >= 4 is 17.6 Å². The van der Waals surface area contributed by atoms with E-state index in [0.29, 0.717) is 11.3 Å². The van der Waals surface area contributed by atoms with Gasteiger partial charge in [0.15, 0.2) is 11.5 Å². The van der Waals surface area contributed by atoms with Gasteiger partial charge < -0.3 is 19.1 Å². The van der Waals surface area contributed by atoms with Gasteiger partial charge in [0.05, 0.1) is 20.3 Å². The molecule has 0 saturated heterocycles. The van der Waals surface area contributed by atoms with Crippen molar-refractivity contribution in [1.29, 1.82) is 0 Å².